The van der Waals surface area contributed by atoms with E-state index in [4.69, 9.17) is 4.42 Å². The number of carbonyl (C=O) groups excluding carboxylic acids is 1. The molecule has 1 aliphatic rings. The van der Waals surface area contributed by atoms with Crippen molar-refractivity contribution in [2.24, 2.45) is 0 Å². The lowest BCUT2D eigenvalue weighted by Crippen LogP contribution is -2.29. The van der Waals surface area contributed by atoms with Crippen LogP contribution in [0, 0.1) is 6.92 Å². The van der Waals surface area contributed by atoms with Crippen molar-refractivity contribution < 1.29 is 14.3 Å². The zero-order valence-corrected chi connectivity index (χ0v) is 12.7. The molecule has 0 radical (unpaired) electrons. The summed E-state index contributed by atoms with van der Waals surface area (Å²) in [6.45, 7) is 2.99. The highest BCUT2D eigenvalue weighted by atomic mass is 16.4. The topological polar surface area (TPSA) is 66.6 Å². The van der Waals surface area contributed by atoms with Gasteiger partial charge in [0.15, 0.2) is 11.7 Å². The van der Waals surface area contributed by atoms with Gasteiger partial charge in [-0.05, 0) is 13.3 Å². The Balaban J connectivity index is 1.63. The maximum absolute atomic E-state index is 12.1. The van der Waals surface area contributed by atoms with Crippen molar-refractivity contribution in [3.8, 4) is 11.3 Å². The van der Waals surface area contributed by atoms with Crippen molar-refractivity contribution in [3.63, 3.8) is 0 Å². The largest absolute Gasteiger partial charge is 0.440 e. The number of carbonyl (C=O) groups is 1. The third-order valence-corrected chi connectivity index (χ3v) is 3.95. The summed E-state index contributed by atoms with van der Waals surface area (Å²) in [4.78, 5) is 18.2. The molecule has 1 saturated heterocycles. The Hall–Kier alpha value is -2.14. The molecule has 2 aromatic rings. The van der Waals surface area contributed by atoms with Crippen LogP contribution in [0.15, 0.2) is 34.7 Å². The van der Waals surface area contributed by atoms with Crippen LogP contribution in [0.2, 0.25) is 0 Å². The second-order valence-corrected chi connectivity index (χ2v) is 5.67. The number of aliphatic hydroxyl groups excluding tert-OH is 1. The summed E-state index contributed by atoms with van der Waals surface area (Å²) in [6, 6.07) is 9.83. The molecule has 3 rings (SSSR count). The van der Waals surface area contributed by atoms with Gasteiger partial charge in [0.05, 0.1) is 11.8 Å². The second kappa shape index (κ2) is 6.32. The van der Waals surface area contributed by atoms with Crippen molar-refractivity contribution in [3.05, 3.63) is 41.9 Å². The lowest BCUT2D eigenvalue weighted by Gasteiger charge is -2.14. The van der Waals surface area contributed by atoms with Gasteiger partial charge in [-0.2, -0.15) is 0 Å². The lowest BCUT2D eigenvalue weighted by molar-refractivity contribution is -0.130. The maximum Gasteiger partial charge on any atom is 0.223 e. The predicted molar refractivity (Wildman–Crippen MR) is 82.2 cm³/mol. The maximum atomic E-state index is 12.1. The van der Waals surface area contributed by atoms with E-state index >= 15 is 0 Å². The first-order valence-corrected chi connectivity index (χ1v) is 7.61. The van der Waals surface area contributed by atoms with Gasteiger partial charge in [-0.25, -0.2) is 4.98 Å². The van der Waals surface area contributed by atoms with Gasteiger partial charge in [-0.3, -0.25) is 4.79 Å². The third-order valence-electron chi connectivity index (χ3n) is 3.95. The molecule has 5 heteroatoms. The molecule has 1 atom stereocenters. The van der Waals surface area contributed by atoms with Crippen LogP contribution in [0.25, 0.3) is 11.3 Å². The molecule has 116 valence electrons. The van der Waals surface area contributed by atoms with Crippen molar-refractivity contribution in [2.45, 2.75) is 32.3 Å². The Morgan fingerprint density at radius 2 is 2.18 bits per heavy atom. The van der Waals surface area contributed by atoms with E-state index in [1.165, 1.54) is 0 Å². The van der Waals surface area contributed by atoms with Crippen LogP contribution in [-0.2, 0) is 11.2 Å². The molecule has 0 spiro atoms. The number of amides is 1. The Morgan fingerprint density at radius 1 is 1.41 bits per heavy atom. The highest BCUT2D eigenvalue weighted by molar-refractivity contribution is 5.76. The van der Waals surface area contributed by atoms with E-state index in [1.54, 1.807) is 4.90 Å². The molecule has 1 fully saturated rings. The summed E-state index contributed by atoms with van der Waals surface area (Å²) < 4.78 is 5.80. The molecule has 5 nitrogen and oxygen atoms in total. The number of likely N-dealkylation sites (tertiary alicyclic amines) is 1. The molecule has 0 bridgehead atoms. The second-order valence-electron chi connectivity index (χ2n) is 5.67. The smallest absolute Gasteiger partial charge is 0.223 e. The molecule has 0 unspecified atom stereocenters. The van der Waals surface area contributed by atoms with E-state index in [-0.39, 0.29) is 12.0 Å². The number of benzene rings is 1. The summed E-state index contributed by atoms with van der Waals surface area (Å²) in [6.07, 6.45) is 1.14. The molecular weight excluding hydrogens is 280 g/mol. The lowest BCUT2D eigenvalue weighted by atomic mass is 10.1. The fraction of sp³-hybridized carbons (Fsp3) is 0.412. The van der Waals surface area contributed by atoms with Crippen LogP contribution in [-0.4, -0.2) is 40.1 Å². The molecule has 1 N–H and O–H groups in total. The van der Waals surface area contributed by atoms with Gasteiger partial charge in [-0.1, -0.05) is 30.3 Å². The van der Waals surface area contributed by atoms with E-state index in [0.29, 0.717) is 38.2 Å². The van der Waals surface area contributed by atoms with E-state index in [2.05, 4.69) is 4.98 Å². The summed E-state index contributed by atoms with van der Waals surface area (Å²) in [5, 5.41) is 9.47. The van der Waals surface area contributed by atoms with Gasteiger partial charge in [0.2, 0.25) is 5.91 Å². The molecular formula is C17H20N2O3. The molecule has 0 aliphatic carbocycles. The van der Waals surface area contributed by atoms with E-state index < -0.39 is 0 Å². The van der Waals surface area contributed by atoms with Crippen molar-refractivity contribution in [1.29, 1.82) is 0 Å². The van der Waals surface area contributed by atoms with Crippen LogP contribution in [0.4, 0.5) is 0 Å². The minimum absolute atomic E-state index is 0.0497. The van der Waals surface area contributed by atoms with Gasteiger partial charge >= 0.3 is 0 Å². The Morgan fingerprint density at radius 3 is 2.86 bits per heavy atom. The number of rotatable bonds is 4. The molecule has 22 heavy (non-hydrogen) atoms. The molecule has 2 heterocycles. The highest BCUT2D eigenvalue weighted by Gasteiger charge is 2.24. The van der Waals surface area contributed by atoms with Gasteiger partial charge in [-0.15, -0.1) is 0 Å². The number of aryl methyl sites for hydroxylation is 2. The van der Waals surface area contributed by atoms with E-state index in [1.807, 2.05) is 37.3 Å². The summed E-state index contributed by atoms with van der Waals surface area (Å²) >= 11 is 0. The summed E-state index contributed by atoms with van der Waals surface area (Å²) in [5.41, 5.74) is 1.83. The fourth-order valence-corrected chi connectivity index (χ4v) is 2.76. The fourth-order valence-electron chi connectivity index (χ4n) is 2.76. The van der Waals surface area contributed by atoms with Crippen LogP contribution in [0.1, 0.15) is 24.4 Å². The van der Waals surface area contributed by atoms with Gasteiger partial charge in [0, 0.05) is 31.5 Å². The first kappa shape index (κ1) is 14.8. The average Bonchev–Trinajstić information content (AvgIpc) is 3.12. The van der Waals surface area contributed by atoms with E-state index in [0.717, 1.165) is 17.0 Å². The van der Waals surface area contributed by atoms with Crippen LogP contribution in [0.3, 0.4) is 0 Å². The Labute approximate surface area is 129 Å². The Kier molecular flexibility index (Phi) is 4.24. The summed E-state index contributed by atoms with van der Waals surface area (Å²) in [5.74, 6) is 1.40. The highest BCUT2D eigenvalue weighted by Crippen LogP contribution is 2.24. The number of hydrogen-bond acceptors (Lipinski definition) is 4. The first-order valence-electron chi connectivity index (χ1n) is 7.61. The first-order chi connectivity index (χ1) is 10.6. The van der Waals surface area contributed by atoms with Gasteiger partial charge < -0.3 is 14.4 Å². The molecule has 1 aromatic carbocycles. The quantitative estimate of drug-likeness (QED) is 0.940. The molecule has 0 saturated carbocycles. The zero-order valence-electron chi connectivity index (χ0n) is 12.7. The number of oxazole rings is 1. The normalized spacial score (nSPS) is 17.9. The zero-order chi connectivity index (χ0) is 15.5. The monoisotopic (exact) mass is 300 g/mol. The van der Waals surface area contributed by atoms with Crippen molar-refractivity contribution in [1.82, 2.24) is 9.88 Å². The van der Waals surface area contributed by atoms with Gasteiger partial charge in [0.1, 0.15) is 0 Å². The molecule has 1 amide bonds. The Bertz CT molecular complexity index is 651. The SMILES string of the molecule is Cc1nc(CCC(=O)N2CC[C@H](O)C2)oc1-c1ccccc1. The van der Waals surface area contributed by atoms with Gasteiger partial charge in [0.25, 0.3) is 0 Å². The van der Waals surface area contributed by atoms with Crippen LogP contribution >= 0.6 is 0 Å². The minimum atomic E-state index is -0.377. The van der Waals surface area contributed by atoms with Crippen LogP contribution in [0.5, 0.6) is 0 Å². The van der Waals surface area contributed by atoms with Crippen molar-refractivity contribution in [2.75, 3.05) is 13.1 Å². The number of β-amino-alcohol motifs (C(OH)–C–C–N with tert-alkyl or cyclic N) is 1. The summed E-state index contributed by atoms with van der Waals surface area (Å²) in [7, 11) is 0. The van der Waals surface area contributed by atoms with Crippen molar-refractivity contribution >= 4 is 5.91 Å². The number of hydrogen-bond donors (Lipinski definition) is 1. The number of aromatic nitrogens is 1. The third kappa shape index (κ3) is 3.20. The standard InChI is InChI=1S/C17H20N2O3/c1-12-17(13-5-3-2-4-6-13)22-15(18-12)7-8-16(21)19-10-9-14(20)11-19/h2-6,14,20H,7-11H2,1H3/t14-/m0/s1. The molecule has 1 aliphatic heterocycles. The van der Waals surface area contributed by atoms with E-state index in [9.17, 15) is 9.90 Å². The number of nitrogens with zero attached hydrogens (tertiary/aromatic N) is 2. The predicted octanol–water partition coefficient (Wildman–Crippen LogP) is 2.18. The van der Waals surface area contributed by atoms with Crippen LogP contribution < -0.4 is 0 Å². The number of aliphatic hydroxyl groups is 1. The average molecular weight is 300 g/mol. The minimum Gasteiger partial charge on any atom is -0.440 e. The molecule has 1 aromatic heterocycles.